The molecule has 0 bridgehead atoms. The van der Waals surface area contributed by atoms with Gasteiger partial charge in [-0.2, -0.15) is 0 Å². The first kappa shape index (κ1) is 20.4. The van der Waals surface area contributed by atoms with E-state index in [4.69, 9.17) is 14.5 Å². The Labute approximate surface area is 181 Å². The number of para-hydroxylation sites is 2. The smallest absolute Gasteiger partial charge is 0.266 e. The number of methoxy groups -OCH3 is 1. The average molecular weight is 412 g/mol. The number of hydrogen-bond acceptors (Lipinski definition) is 4. The Hall–Kier alpha value is -3.86. The van der Waals surface area contributed by atoms with Crippen LogP contribution in [-0.4, -0.2) is 23.3 Å². The normalized spacial score (nSPS) is 11.2. The SMILES string of the molecule is CCCOc1cc(/C=C/c2nc3ccccc3c(=O)n2-c2ccccc2)ccc1OC. The van der Waals surface area contributed by atoms with Crippen LogP contribution >= 0.6 is 0 Å². The summed E-state index contributed by atoms with van der Waals surface area (Å²) in [6, 6.07) is 22.7. The van der Waals surface area contributed by atoms with E-state index in [0.29, 0.717) is 34.8 Å². The van der Waals surface area contributed by atoms with Crippen molar-refractivity contribution in [3.63, 3.8) is 0 Å². The zero-order valence-corrected chi connectivity index (χ0v) is 17.6. The molecule has 0 saturated carbocycles. The maximum atomic E-state index is 13.3. The van der Waals surface area contributed by atoms with Crippen molar-refractivity contribution in [1.82, 2.24) is 9.55 Å². The molecule has 4 rings (SSSR count). The first-order valence-corrected chi connectivity index (χ1v) is 10.3. The zero-order valence-electron chi connectivity index (χ0n) is 17.6. The van der Waals surface area contributed by atoms with E-state index >= 15 is 0 Å². The predicted octanol–water partition coefficient (Wildman–Crippen LogP) is 5.35. The van der Waals surface area contributed by atoms with Crippen LogP contribution in [0.2, 0.25) is 0 Å². The molecule has 5 heteroatoms. The number of hydrogen-bond donors (Lipinski definition) is 0. The lowest BCUT2D eigenvalue weighted by atomic mass is 10.1. The lowest BCUT2D eigenvalue weighted by Crippen LogP contribution is -2.22. The molecule has 0 fully saturated rings. The van der Waals surface area contributed by atoms with Gasteiger partial charge in [0.05, 0.1) is 30.3 Å². The minimum Gasteiger partial charge on any atom is -0.493 e. The van der Waals surface area contributed by atoms with Crippen LogP contribution < -0.4 is 15.0 Å². The first-order chi connectivity index (χ1) is 15.2. The van der Waals surface area contributed by atoms with Gasteiger partial charge in [0, 0.05) is 0 Å². The lowest BCUT2D eigenvalue weighted by Gasteiger charge is -2.12. The van der Waals surface area contributed by atoms with Crippen LogP contribution in [0.1, 0.15) is 24.7 Å². The molecule has 3 aromatic carbocycles. The Bertz CT molecular complexity index is 1280. The van der Waals surface area contributed by atoms with Crippen molar-refractivity contribution >= 4 is 23.1 Å². The van der Waals surface area contributed by atoms with Crippen molar-refractivity contribution in [2.24, 2.45) is 0 Å². The van der Waals surface area contributed by atoms with Gasteiger partial charge in [0.2, 0.25) is 0 Å². The summed E-state index contributed by atoms with van der Waals surface area (Å²) in [4.78, 5) is 18.0. The van der Waals surface area contributed by atoms with Crippen molar-refractivity contribution in [2.45, 2.75) is 13.3 Å². The molecular weight excluding hydrogens is 388 g/mol. The van der Waals surface area contributed by atoms with Crippen LogP contribution in [-0.2, 0) is 0 Å². The molecule has 0 N–H and O–H groups in total. The van der Waals surface area contributed by atoms with Crippen LogP contribution in [0.15, 0.2) is 77.6 Å². The standard InChI is InChI=1S/C26H24N2O3/c1-3-17-31-24-18-19(13-15-23(24)30-2)14-16-25-27-22-12-8-7-11-21(22)26(29)28(25)20-9-5-4-6-10-20/h4-16,18H,3,17H2,1-2H3/b16-14+. The van der Waals surface area contributed by atoms with Gasteiger partial charge < -0.3 is 9.47 Å². The molecule has 0 saturated heterocycles. The van der Waals surface area contributed by atoms with Crippen molar-refractivity contribution < 1.29 is 9.47 Å². The Kier molecular flexibility index (Phi) is 6.13. The fourth-order valence-electron chi connectivity index (χ4n) is 3.38. The molecule has 0 aliphatic rings. The molecule has 1 heterocycles. The minimum absolute atomic E-state index is 0.0989. The molecule has 4 aromatic rings. The molecule has 0 amide bonds. The average Bonchev–Trinajstić information content (AvgIpc) is 2.82. The number of rotatable bonds is 7. The first-order valence-electron chi connectivity index (χ1n) is 10.3. The molecule has 0 aliphatic heterocycles. The van der Waals surface area contributed by atoms with Crippen molar-refractivity contribution in [3.05, 3.63) is 94.5 Å². The third-order valence-corrected chi connectivity index (χ3v) is 4.89. The van der Waals surface area contributed by atoms with Gasteiger partial charge in [0.1, 0.15) is 5.82 Å². The Morgan fingerprint density at radius 1 is 0.935 bits per heavy atom. The summed E-state index contributed by atoms with van der Waals surface area (Å²) in [5, 5.41) is 0.586. The van der Waals surface area contributed by atoms with Gasteiger partial charge >= 0.3 is 0 Å². The van der Waals surface area contributed by atoms with Gasteiger partial charge in [-0.05, 0) is 54.5 Å². The van der Waals surface area contributed by atoms with E-state index in [2.05, 4.69) is 6.92 Å². The van der Waals surface area contributed by atoms with Crippen molar-refractivity contribution in [1.29, 1.82) is 0 Å². The summed E-state index contributed by atoms with van der Waals surface area (Å²) in [6.07, 6.45) is 4.69. The van der Waals surface area contributed by atoms with Crippen LogP contribution in [0.3, 0.4) is 0 Å². The highest BCUT2D eigenvalue weighted by molar-refractivity contribution is 5.80. The summed E-state index contributed by atoms with van der Waals surface area (Å²) < 4.78 is 12.8. The monoisotopic (exact) mass is 412 g/mol. The van der Waals surface area contributed by atoms with Crippen LogP contribution in [0.4, 0.5) is 0 Å². The fraction of sp³-hybridized carbons (Fsp3) is 0.154. The summed E-state index contributed by atoms with van der Waals surface area (Å²) in [5.74, 6) is 1.94. The molecule has 0 radical (unpaired) electrons. The number of fused-ring (bicyclic) bond motifs is 1. The highest BCUT2D eigenvalue weighted by Crippen LogP contribution is 2.29. The molecule has 5 nitrogen and oxygen atoms in total. The number of benzene rings is 3. The van der Waals surface area contributed by atoms with Gasteiger partial charge in [0.25, 0.3) is 5.56 Å². The van der Waals surface area contributed by atoms with E-state index in [-0.39, 0.29) is 5.56 Å². The van der Waals surface area contributed by atoms with E-state index in [0.717, 1.165) is 17.7 Å². The minimum atomic E-state index is -0.0989. The molecule has 0 aliphatic carbocycles. The molecule has 0 atom stereocenters. The van der Waals surface area contributed by atoms with Crippen molar-refractivity contribution in [3.8, 4) is 17.2 Å². The van der Waals surface area contributed by atoms with E-state index in [1.54, 1.807) is 17.7 Å². The van der Waals surface area contributed by atoms with Gasteiger partial charge in [0.15, 0.2) is 11.5 Å². The molecular formula is C26H24N2O3. The zero-order chi connectivity index (χ0) is 21.6. The molecule has 1 aromatic heterocycles. The Morgan fingerprint density at radius 2 is 1.71 bits per heavy atom. The highest BCUT2D eigenvalue weighted by atomic mass is 16.5. The van der Waals surface area contributed by atoms with E-state index in [9.17, 15) is 4.79 Å². The second-order valence-corrected chi connectivity index (χ2v) is 7.06. The van der Waals surface area contributed by atoms with Crippen LogP contribution in [0.25, 0.3) is 28.7 Å². The Balaban J connectivity index is 1.81. The fourth-order valence-corrected chi connectivity index (χ4v) is 3.38. The summed E-state index contributed by atoms with van der Waals surface area (Å²) in [5.41, 5.74) is 2.26. The lowest BCUT2D eigenvalue weighted by molar-refractivity contribution is 0.294. The molecule has 0 spiro atoms. The third kappa shape index (κ3) is 4.36. The number of nitrogens with zero attached hydrogens (tertiary/aromatic N) is 2. The second kappa shape index (κ2) is 9.30. The number of aromatic nitrogens is 2. The number of ether oxygens (including phenoxy) is 2. The van der Waals surface area contributed by atoms with E-state index in [1.807, 2.05) is 78.9 Å². The second-order valence-electron chi connectivity index (χ2n) is 7.06. The maximum absolute atomic E-state index is 13.3. The van der Waals surface area contributed by atoms with Gasteiger partial charge in [-0.25, -0.2) is 4.98 Å². The maximum Gasteiger partial charge on any atom is 0.266 e. The predicted molar refractivity (Wildman–Crippen MR) is 125 cm³/mol. The summed E-state index contributed by atoms with van der Waals surface area (Å²) >= 11 is 0. The van der Waals surface area contributed by atoms with Crippen LogP contribution in [0.5, 0.6) is 11.5 Å². The summed E-state index contributed by atoms with van der Waals surface area (Å²) in [6.45, 7) is 2.67. The van der Waals surface area contributed by atoms with Gasteiger partial charge in [-0.15, -0.1) is 0 Å². The molecule has 0 unspecified atom stereocenters. The Morgan fingerprint density at radius 3 is 2.48 bits per heavy atom. The largest absolute Gasteiger partial charge is 0.493 e. The van der Waals surface area contributed by atoms with Crippen molar-refractivity contribution in [2.75, 3.05) is 13.7 Å². The van der Waals surface area contributed by atoms with Gasteiger partial charge in [-0.3, -0.25) is 9.36 Å². The topological polar surface area (TPSA) is 53.3 Å². The highest BCUT2D eigenvalue weighted by Gasteiger charge is 2.11. The van der Waals surface area contributed by atoms with Crippen LogP contribution in [0, 0.1) is 0 Å². The van der Waals surface area contributed by atoms with Gasteiger partial charge in [-0.1, -0.05) is 49.4 Å². The van der Waals surface area contributed by atoms with E-state index in [1.165, 1.54) is 0 Å². The summed E-state index contributed by atoms with van der Waals surface area (Å²) in [7, 11) is 1.63. The molecule has 31 heavy (non-hydrogen) atoms. The molecule has 156 valence electrons. The third-order valence-electron chi connectivity index (χ3n) is 4.89. The van der Waals surface area contributed by atoms with E-state index < -0.39 is 0 Å². The quantitative estimate of drug-likeness (QED) is 0.410.